The number of nitrogens with zero attached hydrogens (tertiary/aromatic N) is 2. The van der Waals surface area contributed by atoms with Crippen molar-refractivity contribution in [1.82, 2.24) is 9.55 Å². The molecule has 0 saturated carbocycles. The largest absolute Gasteiger partial charge is 0.389 e. The summed E-state index contributed by atoms with van der Waals surface area (Å²) in [6.45, 7) is 2.67. The number of ether oxygens (including phenoxy) is 1. The molecule has 120 valence electrons. The molecule has 0 aliphatic heterocycles. The molecular weight excluding hydrogens is 312 g/mol. The first-order chi connectivity index (χ1) is 11.1. The van der Waals surface area contributed by atoms with Crippen LogP contribution in [-0.2, 0) is 11.3 Å². The Morgan fingerprint density at radius 2 is 1.91 bits per heavy atom. The third-order valence-corrected chi connectivity index (χ3v) is 4.06. The summed E-state index contributed by atoms with van der Waals surface area (Å²) in [5.74, 6) is 0. The first kappa shape index (κ1) is 16.0. The van der Waals surface area contributed by atoms with Crippen LogP contribution in [0.15, 0.2) is 54.9 Å². The molecule has 0 bridgehead atoms. The summed E-state index contributed by atoms with van der Waals surface area (Å²) in [7, 11) is 0. The monoisotopic (exact) mass is 330 g/mol. The lowest BCUT2D eigenvalue weighted by atomic mass is 10.1. The minimum Gasteiger partial charge on any atom is -0.389 e. The van der Waals surface area contributed by atoms with Gasteiger partial charge in [-0.25, -0.2) is 4.98 Å². The molecule has 1 N–H and O–H groups in total. The van der Waals surface area contributed by atoms with E-state index in [1.54, 1.807) is 6.33 Å². The zero-order valence-electron chi connectivity index (χ0n) is 12.9. The third kappa shape index (κ3) is 3.91. The molecule has 3 rings (SSSR count). The van der Waals surface area contributed by atoms with Crippen molar-refractivity contribution in [2.45, 2.75) is 25.7 Å². The lowest BCUT2D eigenvalue weighted by Gasteiger charge is -2.17. The van der Waals surface area contributed by atoms with E-state index in [4.69, 9.17) is 16.3 Å². The van der Waals surface area contributed by atoms with Crippen molar-refractivity contribution in [1.29, 1.82) is 0 Å². The van der Waals surface area contributed by atoms with Gasteiger partial charge in [-0.15, -0.1) is 0 Å². The van der Waals surface area contributed by atoms with Crippen LogP contribution in [0.5, 0.6) is 0 Å². The molecule has 0 unspecified atom stereocenters. The number of halogens is 1. The van der Waals surface area contributed by atoms with Gasteiger partial charge >= 0.3 is 0 Å². The van der Waals surface area contributed by atoms with Gasteiger partial charge in [-0.05, 0) is 36.8 Å². The zero-order valence-corrected chi connectivity index (χ0v) is 13.6. The highest BCUT2D eigenvalue weighted by Crippen LogP contribution is 2.19. The van der Waals surface area contributed by atoms with Gasteiger partial charge in [-0.3, -0.25) is 0 Å². The van der Waals surface area contributed by atoms with E-state index in [2.05, 4.69) is 4.98 Å². The normalized spacial score (nSPS) is 14.0. The van der Waals surface area contributed by atoms with E-state index < -0.39 is 6.10 Å². The number of para-hydroxylation sites is 2. The van der Waals surface area contributed by atoms with Gasteiger partial charge in [-0.2, -0.15) is 0 Å². The number of aromatic nitrogens is 2. The van der Waals surface area contributed by atoms with Crippen LogP contribution in [0.3, 0.4) is 0 Å². The highest BCUT2D eigenvalue weighted by molar-refractivity contribution is 6.30. The summed E-state index contributed by atoms with van der Waals surface area (Å²) in [6, 6.07) is 15.4. The summed E-state index contributed by atoms with van der Waals surface area (Å²) in [6.07, 6.45) is 1.06. The number of rotatable bonds is 6. The molecule has 5 heteroatoms. The first-order valence-corrected chi connectivity index (χ1v) is 7.96. The van der Waals surface area contributed by atoms with Crippen LogP contribution in [-0.4, -0.2) is 27.4 Å². The highest BCUT2D eigenvalue weighted by Gasteiger charge is 2.12. The van der Waals surface area contributed by atoms with E-state index in [1.807, 2.05) is 60.0 Å². The van der Waals surface area contributed by atoms with Crippen LogP contribution in [0.4, 0.5) is 0 Å². The van der Waals surface area contributed by atoms with Crippen molar-refractivity contribution in [3.8, 4) is 0 Å². The molecule has 0 fully saturated rings. The Balaban J connectivity index is 1.57. The second-order valence-electron chi connectivity index (χ2n) is 5.57. The molecular formula is C18H19ClN2O2. The number of hydrogen-bond acceptors (Lipinski definition) is 3. The molecule has 1 aromatic heterocycles. The van der Waals surface area contributed by atoms with Crippen LogP contribution >= 0.6 is 11.6 Å². The minimum atomic E-state index is -0.595. The predicted molar refractivity (Wildman–Crippen MR) is 91.6 cm³/mol. The average molecular weight is 331 g/mol. The Bertz CT molecular complexity index is 770. The third-order valence-electron chi connectivity index (χ3n) is 3.81. The van der Waals surface area contributed by atoms with Crippen molar-refractivity contribution in [2.75, 3.05) is 6.61 Å². The van der Waals surface area contributed by atoms with Gasteiger partial charge in [0.15, 0.2) is 0 Å². The number of benzene rings is 2. The standard InChI is InChI=1S/C18H19ClN2O2/c1-13(14-6-8-15(19)9-7-14)23-11-16(22)10-21-12-20-17-4-2-3-5-18(17)21/h2-9,12-13,16,22H,10-11H2,1H3/t13-,16+/m1/s1. The fourth-order valence-corrected chi connectivity index (χ4v) is 2.65. The summed E-state index contributed by atoms with van der Waals surface area (Å²) in [5.41, 5.74) is 2.97. The van der Waals surface area contributed by atoms with E-state index >= 15 is 0 Å². The van der Waals surface area contributed by atoms with Crippen molar-refractivity contribution < 1.29 is 9.84 Å². The second-order valence-corrected chi connectivity index (χ2v) is 6.00. The van der Waals surface area contributed by atoms with Gasteiger partial charge < -0.3 is 14.4 Å². The average Bonchev–Trinajstić information content (AvgIpc) is 2.96. The minimum absolute atomic E-state index is 0.0959. The maximum absolute atomic E-state index is 10.2. The number of hydrogen-bond donors (Lipinski definition) is 1. The molecule has 3 aromatic rings. The Morgan fingerprint density at radius 1 is 1.17 bits per heavy atom. The number of aliphatic hydroxyl groups is 1. The van der Waals surface area contributed by atoms with Gasteiger partial charge in [0.05, 0.1) is 42.7 Å². The Hall–Kier alpha value is -1.88. The van der Waals surface area contributed by atoms with Gasteiger partial charge in [0.2, 0.25) is 0 Å². The molecule has 0 radical (unpaired) electrons. The van der Waals surface area contributed by atoms with Crippen molar-refractivity contribution in [3.05, 3.63) is 65.4 Å². The first-order valence-electron chi connectivity index (χ1n) is 7.58. The maximum Gasteiger partial charge on any atom is 0.0959 e. The molecule has 1 heterocycles. The van der Waals surface area contributed by atoms with Crippen LogP contribution < -0.4 is 0 Å². The Morgan fingerprint density at radius 3 is 2.70 bits per heavy atom. The van der Waals surface area contributed by atoms with Gasteiger partial charge in [0.25, 0.3) is 0 Å². The Kier molecular flexibility index (Phi) is 4.96. The van der Waals surface area contributed by atoms with Gasteiger partial charge in [-0.1, -0.05) is 35.9 Å². The smallest absolute Gasteiger partial charge is 0.0959 e. The fraction of sp³-hybridized carbons (Fsp3) is 0.278. The van der Waals surface area contributed by atoms with Gasteiger partial charge in [0.1, 0.15) is 0 Å². The fourth-order valence-electron chi connectivity index (χ4n) is 2.52. The number of aliphatic hydroxyl groups excluding tert-OH is 1. The van der Waals surface area contributed by atoms with Crippen LogP contribution in [0, 0.1) is 0 Å². The molecule has 0 spiro atoms. The summed E-state index contributed by atoms with van der Waals surface area (Å²) < 4.78 is 7.70. The molecule has 4 nitrogen and oxygen atoms in total. The summed E-state index contributed by atoms with van der Waals surface area (Å²) in [5, 5.41) is 10.9. The molecule has 0 aliphatic rings. The summed E-state index contributed by atoms with van der Waals surface area (Å²) in [4.78, 5) is 4.32. The molecule has 23 heavy (non-hydrogen) atoms. The van der Waals surface area contributed by atoms with Gasteiger partial charge in [0, 0.05) is 5.02 Å². The highest BCUT2D eigenvalue weighted by atomic mass is 35.5. The van der Waals surface area contributed by atoms with Crippen LogP contribution in [0.1, 0.15) is 18.6 Å². The lowest BCUT2D eigenvalue weighted by molar-refractivity contribution is -0.00834. The lowest BCUT2D eigenvalue weighted by Crippen LogP contribution is -2.22. The number of imidazole rings is 1. The molecule has 2 aromatic carbocycles. The van der Waals surface area contributed by atoms with E-state index in [9.17, 15) is 5.11 Å². The van der Waals surface area contributed by atoms with E-state index in [0.717, 1.165) is 16.6 Å². The number of fused-ring (bicyclic) bond motifs is 1. The molecule has 0 aliphatic carbocycles. The van der Waals surface area contributed by atoms with Crippen molar-refractivity contribution in [3.63, 3.8) is 0 Å². The van der Waals surface area contributed by atoms with Crippen LogP contribution in [0.2, 0.25) is 5.02 Å². The van der Waals surface area contributed by atoms with Crippen LogP contribution in [0.25, 0.3) is 11.0 Å². The Labute approximate surface area is 140 Å². The van der Waals surface area contributed by atoms with E-state index in [1.165, 1.54) is 0 Å². The maximum atomic E-state index is 10.2. The quantitative estimate of drug-likeness (QED) is 0.747. The molecule has 0 saturated heterocycles. The zero-order chi connectivity index (χ0) is 16.2. The SMILES string of the molecule is C[C@@H](OC[C@@H](O)Cn1cnc2ccccc21)c1ccc(Cl)cc1. The molecule has 0 amide bonds. The van der Waals surface area contributed by atoms with E-state index in [0.29, 0.717) is 11.6 Å². The molecule has 2 atom stereocenters. The van der Waals surface area contributed by atoms with Crippen molar-refractivity contribution >= 4 is 22.6 Å². The van der Waals surface area contributed by atoms with E-state index in [-0.39, 0.29) is 12.7 Å². The second kappa shape index (κ2) is 7.13. The summed E-state index contributed by atoms with van der Waals surface area (Å²) >= 11 is 5.88. The topological polar surface area (TPSA) is 47.3 Å². The van der Waals surface area contributed by atoms with Crippen molar-refractivity contribution in [2.24, 2.45) is 0 Å². The predicted octanol–water partition coefficient (Wildman–Crippen LogP) is 3.83.